The van der Waals surface area contributed by atoms with Gasteiger partial charge in [-0.1, -0.05) is 17.3 Å². The van der Waals surface area contributed by atoms with Gasteiger partial charge in [0.15, 0.2) is 0 Å². The molecule has 4 nitrogen and oxygen atoms in total. The van der Waals surface area contributed by atoms with Crippen LogP contribution in [-0.4, -0.2) is 16.8 Å². The van der Waals surface area contributed by atoms with Crippen molar-refractivity contribution in [2.75, 3.05) is 0 Å². The number of hydrogen-bond acceptors (Lipinski definition) is 4. The fraction of sp³-hybridized carbons (Fsp3) is 0.111. The number of benzene rings is 1. The van der Waals surface area contributed by atoms with Gasteiger partial charge in [0, 0.05) is 22.6 Å². The molecule has 0 bridgehead atoms. The lowest BCUT2D eigenvalue weighted by Crippen LogP contribution is -2.03. The molecule has 0 aliphatic heterocycles. The Bertz CT molecular complexity index is 490. The molecule has 0 aliphatic carbocycles. The lowest BCUT2D eigenvalue weighted by molar-refractivity contribution is -0.0495. The first-order valence-corrected chi connectivity index (χ1v) is 5.28. The lowest BCUT2D eigenvalue weighted by atomic mass is 10.2. The van der Waals surface area contributed by atoms with Crippen molar-refractivity contribution in [2.24, 2.45) is 0 Å². The van der Waals surface area contributed by atoms with Crippen molar-refractivity contribution in [3.05, 3.63) is 28.1 Å². The molecular formula is C9H5F2IN2O2. The van der Waals surface area contributed by atoms with E-state index < -0.39 is 6.61 Å². The van der Waals surface area contributed by atoms with Crippen molar-refractivity contribution in [3.63, 3.8) is 0 Å². The van der Waals surface area contributed by atoms with Crippen molar-refractivity contribution in [1.29, 1.82) is 0 Å². The molecule has 0 saturated heterocycles. The molecule has 0 amide bonds. The number of halogens is 3. The molecule has 0 N–H and O–H groups in total. The standard InChI is InChI=1S/C9H5F2IN2O2/c10-8(11)15-6-4-2-1-3-5(6)7-13-9(12)14-16-7/h1-4,8H. The van der Waals surface area contributed by atoms with Crippen LogP contribution in [0.3, 0.4) is 0 Å². The molecule has 1 heterocycles. The first-order chi connectivity index (χ1) is 7.66. The Kier molecular flexibility index (Phi) is 3.32. The Labute approximate surface area is 103 Å². The molecule has 0 spiro atoms. The van der Waals surface area contributed by atoms with Crippen LogP contribution in [0.4, 0.5) is 8.78 Å². The molecular weight excluding hydrogens is 333 g/mol. The quantitative estimate of drug-likeness (QED) is 0.808. The smallest absolute Gasteiger partial charge is 0.387 e. The number of rotatable bonds is 3. The maximum atomic E-state index is 12.1. The van der Waals surface area contributed by atoms with Crippen LogP contribution in [0.15, 0.2) is 28.8 Å². The normalized spacial score (nSPS) is 10.8. The summed E-state index contributed by atoms with van der Waals surface area (Å²) in [5.41, 5.74) is 0.346. The average Bonchev–Trinajstić information content (AvgIpc) is 2.65. The van der Waals surface area contributed by atoms with Crippen LogP contribution in [0.2, 0.25) is 0 Å². The van der Waals surface area contributed by atoms with E-state index in [9.17, 15) is 8.78 Å². The van der Waals surface area contributed by atoms with Gasteiger partial charge in [-0.05, 0) is 12.1 Å². The van der Waals surface area contributed by atoms with E-state index in [-0.39, 0.29) is 11.6 Å². The average molecular weight is 338 g/mol. The summed E-state index contributed by atoms with van der Waals surface area (Å²) >= 11 is 1.86. The highest BCUT2D eigenvalue weighted by molar-refractivity contribution is 14.1. The van der Waals surface area contributed by atoms with Gasteiger partial charge in [-0.15, -0.1) is 0 Å². The molecule has 0 unspecified atom stereocenters. The van der Waals surface area contributed by atoms with Crippen LogP contribution >= 0.6 is 22.6 Å². The first-order valence-electron chi connectivity index (χ1n) is 4.20. The summed E-state index contributed by atoms with van der Waals surface area (Å²) in [7, 11) is 0. The summed E-state index contributed by atoms with van der Waals surface area (Å²) in [6, 6.07) is 6.24. The minimum Gasteiger partial charge on any atom is -0.434 e. The minimum absolute atomic E-state index is 0.0116. The third-order valence-electron chi connectivity index (χ3n) is 1.73. The molecule has 16 heavy (non-hydrogen) atoms. The zero-order chi connectivity index (χ0) is 11.5. The van der Waals surface area contributed by atoms with Crippen molar-refractivity contribution in [1.82, 2.24) is 10.1 Å². The molecule has 1 aromatic heterocycles. The number of para-hydroxylation sites is 1. The molecule has 0 radical (unpaired) electrons. The van der Waals surface area contributed by atoms with Gasteiger partial charge in [0.05, 0.1) is 5.56 Å². The number of nitrogens with zero attached hydrogens (tertiary/aromatic N) is 2. The Morgan fingerprint density at radius 1 is 1.31 bits per heavy atom. The second-order valence-corrected chi connectivity index (χ2v) is 3.71. The summed E-state index contributed by atoms with van der Waals surface area (Å²) < 4.78 is 33.9. The topological polar surface area (TPSA) is 48.2 Å². The van der Waals surface area contributed by atoms with Gasteiger partial charge < -0.3 is 9.26 Å². The van der Waals surface area contributed by atoms with E-state index in [1.54, 1.807) is 18.2 Å². The summed E-state index contributed by atoms with van der Waals surface area (Å²) in [6.07, 6.45) is 0. The minimum atomic E-state index is -2.89. The highest BCUT2D eigenvalue weighted by Gasteiger charge is 2.15. The Morgan fingerprint density at radius 3 is 2.69 bits per heavy atom. The van der Waals surface area contributed by atoms with E-state index in [4.69, 9.17) is 4.52 Å². The molecule has 1 aromatic carbocycles. The number of ether oxygens (including phenoxy) is 1. The summed E-state index contributed by atoms with van der Waals surface area (Å²) in [6.45, 7) is -2.89. The highest BCUT2D eigenvalue weighted by atomic mass is 127. The van der Waals surface area contributed by atoms with Crippen LogP contribution in [0, 0.1) is 3.83 Å². The molecule has 84 valence electrons. The van der Waals surface area contributed by atoms with Crippen molar-refractivity contribution >= 4 is 22.6 Å². The van der Waals surface area contributed by atoms with Crippen molar-refractivity contribution in [3.8, 4) is 17.2 Å². The van der Waals surface area contributed by atoms with E-state index >= 15 is 0 Å². The number of hydrogen-bond donors (Lipinski definition) is 0. The molecule has 0 fully saturated rings. The fourth-order valence-electron chi connectivity index (χ4n) is 1.16. The van der Waals surface area contributed by atoms with Crippen LogP contribution < -0.4 is 4.74 Å². The number of aromatic nitrogens is 2. The second-order valence-electron chi connectivity index (χ2n) is 2.74. The second kappa shape index (κ2) is 4.73. The molecule has 0 atom stereocenters. The van der Waals surface area contributed by atoms with E-state index in [1.165, 1.54) is 6.07 Å². The van der Waals surface area contributed by atoms with Gasteiger partial charge in [0.1, 0.15) is 5.75 Å². The van der Waals surface area contributed by atoms with Crippen LogP contribution in [0.25, 0.3) is 11.5 Å². The van der Waals surface area contributed by atoms with Crippen molar-refractivity contribution in [2.45, 2.75) is 6.61 Å². The zero-order valence-corrected chi connectivity index (χ0v) is 9.89. The van der Waals surface area contributed by atoms with Crippen LogP contribution in [-0.2, 0) is 0 Å². The molecule has 7 heteroatoms. The van der Waals surface area contributed by atoms with Gasteiger partial charge in [-0.25, -0.2) is 0 Å². The van der Waals surface area contributed by atoms with Gasteiger partial charge in [-0.3, -0.25) is 0 Å². The summed E-state index contributed by atoms with van der Waals surface area (Å²) in [5.74, 6) is 0.165. The molecule has 2 aromatic rings. The van der Waals surface area contributed by atoms with Gasteiger partial charge in [-0.2, -0.15) is 13.8 Å². The Hall–Kier alpha value is -1.25. The zero-order valence-electron chi connectivity index (χ0n) is 7.73. The largest absolute Gasteiger partial charge is 0.434 e. The third-order valence-corrected chi connectivity index (χ3v) is 2.17. The maximum absolute atomic E-state index is 12.1. The first kappa shape index (κ1) is 11.2. The van der Waals surface area contributed by atoms with E-state index in [1.807, 2.05) is 22.6 Å². The summed E-state index contributed by atoms with van der Waals surface area (Å²) in [5, 5.41) is 3.57. The summed E-state index contributed by atoms with van der Waals surface area (Å²) in [4.78, 5) is 3.93. The third kappa shape index (κ3) is 2.46. The van der Waals surface area contributed by atoms with Gasteiger partial charge in [0.25, 0.3) is 5.89 Å². The molecule has 0 saturated carbocycles. The van der Waals surface area contributed by atoms with E-state index in [2.05, 4.69) is 14.9 Å². The predicted octanol–water partition coefficient (Wildman–Crippen LogP) is 2.94. The Balaban J connectivity index is 2.40. The van der Waals surface area contributed by atoms with Gasteiger partial charge in [0.2, 0.25) is 3.83 Å². The SMILES string of the molecule is FC(F)Oc1ccccc1-c1nc(I)no1. The van der Waals surface area contributed by atoms with Crippen LogP contribution in [0.1, 0.15) is 0 Å². The molecule has 2 rings (SSSR count). The van der Waals surface area contributed by atoms with Crippen LogP contribution in [0.5, 0.6) is 5.75 Å². The van der Waals surface area contributed by atoms with Gasteiger partial charge >= 0.3 is 6.61 Å². The van der Waals surface area contributed by atoms with E-state index in [0.717, 1.165) is 0 Å². The predicted molar refractivity (Wildman–Crippen MR) is 59.1 cm³/mol. The fourth-order valence-corrected chi connectivity index (χ4v) is 1.47. The molecule has 0 aliphatic rings. The Morgan fingerprint density at radius 2 is 2.06 bits per heavy atom. The van der Waals surface area contributed by atoms with E-state index in [0.29, 0.717) is 9.39 Å². The number of alkyl halides is 2. The highest BCUT2D eigenvalue weighted by Crippen LogP contribution is 2.29. The maximum Gasteiger partial charge on any atom is 0.387 e. The lowest BCUT2D eigenvalue weighted by Gasteiger charge is -2.06. The van der Waals surface area contributed by atoms with Crippen molar-refractivity contribution < 1.29 is 18.0 Å². The monoisotopic (exact) mass is 338 g/mol.